The molecule has 1 spiro atoms. The summed E-state index contributed by atoms with van der Waals surface area (Å²) in [4.78, 5) is 28.8. The van der Waals surface area contributed by atoms with Crippen molar-refractivity contribution in [3.05, 3.63) is 35.9 Å². The Morgan fingerprint density at radius 1 is 0.973 bits per heavy atom. The number of rotatable bonds is 4. The molecule has 1 aromatic rings. The fraction of sp³-hybridized carbons (Fsp3) is 0.758. The van der Waals surface area contributed by atoms with Gasteiger partial charge in [-0.25, -0.2) is 0 Å². The van der Waals surface area contributed by atoms with Crippen LogP contribution in [0.1, 0.15) is 97.5 Å². The molecule has 37 heavy (non-hydrogen) atoms. The molecule has 8 atom stereocenters. The van der Waals surface area contributed by atoms with E-state index in [9.17, 15) is 9.59 Å². The van der Waals surface area contributed by atoms with E-state index >= 15 is 0 Å². The second-order valence-corrected chi connectivity index (χ2v) is 14.4. The molecule has 4 heteroatoms. The number of fused-ring (bicyclic) bond motifs is 5. The number of esters is 1. The SMILES string of the molecule is CC(C)C[C@@H]1C(=O)O[C@@]2(CC[C@@]3(C)[C@@H](CC[C@@H]4[C@@H]3CC[C@]3(C)C(=O)CC[C@@H]43)C2)CN1Cc1ccccc1. The molecule has 1 aliphatic heterocycles. The molecule has 0 N–H and O–H groups in total. The van der Waals surface area contributed by atoms with Gasteiger partial charge in [0.2, 0.25) is 0 Å². The van der Waals surface area contributed by atoms with E-state index in [0.717, 1.165) is 64.0 Å². The maximum absolute atomic E-state index is 13.6. The standard InChI is InChI=1S/C33H47NO3/c1-22(2)18-28-30(36)37-33(21-34(28)20-23-8-6-5-7-9-23)17-16-31(3)24(19-33)10-11-25-26-12-13-29(35)32(26,4)15-14-27(25)31/h5-9,22,24-28H,10-21H2,1-4H3/t24-,25-,26-,27-,28+,31-,32-,33+/m0/s1. The van der Waals surface area contributed by atoms with Crippen LogP contribution in [0.25, 0.3) is 0 Å². The van der Waals surface area contributed by atoms with E-state index in [2.05, 4.69) is 62.9 Å². The van der Waals surface area contributed by atoms with Crippen LogP contribution in [-0.2, 0) is 20.9 Å². The summed E-state index contributed by atoms with van der Waals surface area (Å²) in [5, 5.41) is 0. The highest BCUT2D eigenvalue weighted by molar-refractivity contribution is 5.87. The highest BCUT2D eigenvalue weighted by Gasteiger charge is 2.62. The number of hydrogen-bond acceptors (Lipinski definition) is 4. The molecule has 202 valence electrons. The van der Waals surface area contributed by atoms with Gasteiger partial charge >= 0.3 is 5.97 Å². The molecule has 1 saturated heterocycles. The van der Waals surface area contributed by atoms with E-state index in [1.807, 2.05) is 0 Å². The Bertz CT molecular complexity index is 1040. The number of carbonyl (C=O) groups is 2. The average molecular weight is 506 g/mol. The average Bonchev–Trinajstić information content (AvgIpc) is 3.17. The summed E-state index contributed by atoms with van der Waals surface area (Å²) in [7, 11) is 0. The fourth-order valence-electron chi connectivity index (χ4n) is 9.93. The van der Waals surface area contributed by atoms with Crippen LogP contribution in [0.15, 0.2) is 30.3 Å². The number of benzene rings is 1. The number of ketones is 1. The molecule has 5 aliphatic rings. The first kappa shape index (κ1) is 25.6. The molecule has 1 heterocycles. The van der Waals surface area contributed by atoms with Gasteiger partial charge in [-0.1, -0.05) is 58.0 Å². The van der Waals surface area contributed by atoms with E-state index in [4.69, 9.17) is 4.74 Å². The van der Waals surface area contributed by atoms with Gasteiger partial charge in [-0.05, 0) is 98.4 Å². The highest BCUT2D eigenvalue weighted by atomic mass is 16.6. The third kappa shape index (κ3) is 4.21. The Morgan fingerprint density at radius 2 is 1.76 bits per heavy atom. The Morgan fingerprint density at radius 3 is 2.51 bits per heavy atom. The highest BCUT2D eigenvalue weighted by Crippen LogP contribution is 2.66. The molecule has 4 nitrogen and oxygen atoms in total. The number of carbonyl (C=O) groups excluding carboxylic acids is 2. The Kier molecular flexibility index (Phi) is 6.37. The molecule has 0 unspecified atom stereocenters. The molecule has 4 aliphatic carbocycles. The van der Waals surface area contributed by atoms with E-state index < -0.39 is 0 Å². The first-order valence-electron chi connectivity index (χ1n) is 15.2. The third-order valence-corrected chi connectivity index (χ3v) is 12.0. The van der Waals surface area contributed by atoms with Crippen molar-refractivity contribution in [3.63, 3.8) is 0 Å². The second-order valence-electron chi connectivity index (χ2n) is 14.4. The summed E-state index contributed by atoms with van der Waals surface area (Å²) >= 11 is 0. The smallest absolute Gasteiger partial charge is 0.323 e. The predicted octanol–water partition coefficient (Wildman–Crippen LogP) is 6.81. The quantitative estimate of drug-likeness (QED) is 0.422. The first-order valence-corrected chi connectivity index (χ1v) is 15.2. The lowest BCUT2D eigenvalue weighted by atomic mass is 9.44. The van der Waals surface area contributed by atoms with Gasteiger partial charge in [0, 0.05) is 24.9 Å². The molecule has 5 fully saturated rings. The number of ether oxygens (including phenoxy) is 1. The minimum absolute atomic E-state index is 0.00562. The van der Waals surface area contributed by atoms with Gasteiger partial charge in [0.15, 0.2) is 0 Å². The fourth-order valence-corrected chi connectivity index (χ4v) is 9.93. The van der Waals surface area contributed by atoms with Crippen LogP contribution in [-0.4, -0.2) is 34.8 Å². The van der Waals surface area contributed by atoms with Crippen molar-refractivity contribution in [1.29, 1.82) is 0 Å². The van der Waals surface area contributed by atoms with Crippen molar-refractivity contribution < 1.29 is 14.3 Å². The van der Waals surface area contributed by atoms with Crippen molar-refractivity contribution >= 4 is 11.8 Å². The number of Topliss-reactive ketones (excluding diaryl/α,β-unsaturated/α-hetero) is 1. The lowest BCUT2D eigenvalue weighted by molar-refractivity contribution is -0.209. The number of hydrogen-bond donors (Lipinski definition) is 0. The molecule has 0 aromatic heterocycles. The minimum atomic E-state index is -0.344. The van der Waals surface area contributed by atoms with Gasteiger partial charge in [-0.3, -0.25) is 14.5 Å². The largest absolute Gasteiger partial charge is 0.457 e. The zero-order valence-corrected chi connectivity index (χ0v) is 23.5. The van der Waals surface area contributed by atoms with Gasteiger partial charge in [-0.2, -0.15) is 0 Å². The Labute approximate surface area is 223 Å². The monoisotopic (exact) mass is 505 g/mol. The molecular weight excluding hydrogens is 458 g/mol. The predicted molar refractivity (Wildman–Crippen MR) is 146 cm³/mol. The van der Waals surface area contributed by atoms with Crippen LogP contribution in [0.5, 0.6) is 0 Å². The van der Waals surface area contributed by atoms with Crippen LogP contribution < -0.4 is 0 Å². The Hall–Kier alpha value is -1.68. The summed E-state index contributed by atoms with van der Waals surface area (Å²) in [5.74, 6) is 3.63. The van der Waals surface area contributed by atoms with E-state index in [-0.39, 0.29) is 23.0 Å². The lowest BCUT2D eigenvalue weighted by Crippen LogP contribution is -2.63. The van der Waals surface area contributed by atoms with Crippen LogP contribution >= 0.6 is 0 Å². The molecule has 0 amide bonds. The third-order valence-electron chi connectivity index (χ3n) is 12.0. The number of nitrogens with zero attached hydrogens (tertiary/aromatic N) is 1. The zero-order chi connectivity index (χ0) is 26.0. The molecule has 4 saturated carbocycles. The molecule has 6 rings (SSSR count). The van der Waals surface area contributed by atoms with E-state index in [0.29, 0.717) is 34.9 Å². The van der Waals surface area contributed by atoms with Crippen molar-refractivity contribution in [2.24, 2.45) is 40.4 Å². The normalized spacial score (nSPS) is 43.9. The topological polar surface area (TPSA) is 46.6 Å². The molecule has 0 radical (unpaired) electrons. The second kappa shape index (κ2) is 9.21. The van der Waals surface area contributed by atoms with Crippen molar-refractivity contribution in [1.82, 2.24) is 4.90 Å². The van der Waals surface area contributed by atoms with Crippen molar-refractivity contribution in [3.8, 4) is 0 Å². The maximum atomic E-state index is 13.6. The van der Waals surface area contributed by atoms with Gasteiger partial charge in [0.25, 0.3) is 0 Å². The molecular formula is C33H47NO3. The van der Waals surface area contributed by atoms with E-state index in [1.54, 1.807) is 0 Å². The van der Waals surface area contributed by atoms with Crippen LogP contribution in [0, 0.1) is 40.4 Å². The van der Waals surface area contributed by atoms with Gasteiger partial charge in [-0.15, -0.1) is 0 Å². The summed E-state index contributed by atoms with van der Waals surface area (Å²) in [5.41, 5.74) is 1.19. The summed E-state index contributed by atoms with van der Waals surface area (Å²) in [6, 6.07) is 10.5. The summed E-state index contributed by atoms with van der Waals surface area (Å²) < 4.78 is 6.50. The van der Waals surface area contributed by atoms with Crippen LogP contribution in [0.4, 0.5) is 0 Å². The number of morpholine rings is 1. The summed E-state index contributed by atoms with van der Waals surface area (Å²) in [6.45, 7) is 10.9. The molecule has 0 bridgehead atoms. The van der Waals surface area contributed by atoms with Crippen molar-refractivity contribution in [2.75, 3.05) is 6.54 Å². The van der Waals surface area contributed by atoms with Gasteiger partial charge in [0.05, 0.1) is 0 Å². The van der Waals surface area contributed by atoms with Gasteiger partial charge < -0.3 is 4.74 Å². The maximum Gasteiger partial charge on any atom is 0.323 e. The van der Waals surface area contributed by atoms with Crippen molar-refractivity contribution in [2.45, 2.75) is 110 Å². The first-order chi connectivity index (χ1) is 17.6. The lowest BCUT2D eigenvalue weighted by Gasteiger charge is -2.62. The van der Waals surface area contributed by atoms with E-state index in [1.165, 1.54) is 24.8 Å². The van der Waals surface area contributed by atoms with Crippen LogP contribution in [0.3, 0.4) is 0 Å². The Balaban J connectivity index is 1.22. The van der Waals surface area contributed by atoms with Crippen LogP contribution in [0.2, 0.25) is 0 Å². The summed E-state index contributed by atoms with van der Waals surface area (Å²) in [6.07, 6.45) is 10.7. The van der Waals surface area contributed by atoms with Gasteiger partial charge in [0.1, 0.15) is 17.4 Å². The molecule has 1 aromatic carbocycles. The zero-order valence-electron chi connectivity index (χ0n) is 23.5. The minimum Gasteiger partial charge on any atom is -0.457 e.